The Bertz CT molecular complexity index is 1060. The molecule has 0 saturated carbocycles. The van der Waals surface area contributed by atoms with Gasteiger partial charge in [0.25, 0.3) is 0 Å². The summed E-state index contributed by atoms with van der Waals surface area (Å²) in [6.45, 7) is 10.7. The zero-order valence-corrected chi connectivity index (χ0v) is 21.8. The van der Waals surface area contributed by atoms with Crippen molar-refractivity contribution in [1.29, 1.82) is 0 Å². The first-order valence-corrected chi connectivity index (χ1v) is 13.3. The third-order valence-corrected chi connectivity index (χ3v) is 6.91. The number of hydrogen-bond donors (Lipinski definition) is 1. The molecule has 0 fully saturated rings. The van der Waals surface area contributed by atoms with Crippen LogP contribution in [0.5, 0.6) is 0 Å². The number of unbranched alkanes of at least 4 members (excludes halogenated alkanes) is 1. The van der Waals surface area contributed by atoms with Gasteiger partial charge in [-0.05, 0) is 74.8 Å². The summed E-state index contributed by atoms with van der Waals surface area (Å²) in [6, 6.07) is 7.03. The monoisotopic (exact) mass is 474 g/mol. The van der Waals surface area contributed by atoms with E-state index in [-0.39, 0.29) is 0 Å². The quantitative estimate of drug-likeness (QED) is 0.292. The molecule has 35 heavy (non-hydrogen) atoms. The first-order valence-electron chi connectivity index (χ1n) is 13.3. The number of aromatic nitrogens is 4. The molecule has 1 N–H and O–H groups in total. The third kappa shape index (κ3) is 7.39. The molecule has 1 aliphatic rings. The molecule has 2 heterocycles. The van der Waals surface area contributed by atoms with Crippen molar-refractivity contribution in [3.05, 3.63) is 76.9 Å². The van der Waals surface area contributed by atoms with Crippen LogP contribution < -0.4 is 0 Å². The molecule has 1 aliphatic carbocycles. The topological polar surface area (TPSA) is 53.0 Å². The van der Waals surface area contributed by atoms with Crippen LogP contribution in [0.15, 0.2) is 48.6 Å². The van der Waals surface area contributed by atoms with E-state index in [2.05, 4.69) is 74.5 Å². The van der Waals surface area contributed by atoms with E-state index in [1.54, 1.807) is 5.57 Å². The molecule has 0 atom stereocenters. The Kier molecular flexibility index (Phi) is 9.32. The molecule has 1 aromatic carbocycles. The summed E-state index contributed by atoms with van der Waals surface area (Å²) < 4.78 is 2.09. The maximum absolute atomic E-state index is 4.54. The summed E-state index contributed by atoms with van der Waals surface area (Å²) in [6.07, 6.45) is 17.5. The molecule has 0 radical (unpaired) electrons. The molecule has 0 unspecified atom stereocenters. The van der Waals surface area contributed by atoms with Crippen molar-refractivity contribution in [1.82, 2.24) is 29.3 Å². The summed E-state index contributed by atoms with van der Waals surface area (Å²) >= 11 is 0. The summed E-state index contributed by atoms with van der Waals surface area (Å²) in [5, 5.41) is 0. The minimum Gasteiger partial charge on any atom is -0.348 e. The van der Waals surface area contributed by atoms with Gasteiger partial charge in [0, 0.05) is 38.4 Å². The van der Waals surface area contributed by atoms with Crippen molar-refractivity contribution >= 4 is 6.08 Å². The van der Waals surface area contributed by atoms with Crippen LogP contribution in [0.3, 0.4) is 0 Å². The normalized spacial score (nSPS) is 13.1. The van der Waals surface area contributed by atoms with Crippen LogP contribution >= 0.6 is 0 Å². The summed E-state index contributed by atoms with van der Waals surface area (Å²) in [5.41, 5.74) is 5.82. The second kappa shape index (κ2) is 12.8. The number of aryl methyl sites for hydroxylation is 1. The Morgan fingerprint density at radius 2 is 1.80 bits per heavy atom. The van der Waals surface area contributed by atoms with Gasteiger partial charge in [-0.15, -0.1) is 0 Å². The first kappa shape index (κ1) is 25.4. The Morgan fingerprint density at radius 3 is 2.51 bits per heavy atom. The number of rotatable bonds is 15. The Hall–Kier alpha value is -2.70. The van der Waals surface area contributed by atoms with E-state index in [1.165, 1.54) is 68.4 Å². The van der Waals surface area contributed by atoms with Gasteiger partial charge in [0.2, 0.25) is 0 Å². The van der Waals surface area contributed by atoms with E-state index in [0.29, 0.717) is 0 Å². The Labute approximate surface area is 211 Å². The highest BCUT2D eigenvalue weighted by Crippen LogP contribution is 2.29. The average molecular weight is 475 g/mol. The SMILES string of the molecule is CCCN(CCC)CCCCC1=Cc2cc(CN(Cc3ncc[nH]3)Cc3nccn3C)ccc2C1. The summed E-state index contributed by atoms with van der Waals surface area (Å²) in [7, 11) is 2.06. The van der Waals surface area contributed by atoms with Gasteiger partial charge in [0.15, 0.2) is 0 Å². The number of imidazole rings is 2. The van der Waals surface area contributed by atoms with Crippen molar-refractivity contribution in [2.24, 2.45) is 7.05 Å². The minimum atomic E-state index is 0.769. The lowest BCUT2D eigenvalue weighted by molar-refractivity contribution is 0.233. The zero-order valence-electron chi connectivity index (χ0n) is 21.8. The van der Waals surface area contributed by atoms with E-state index >= 15 is 0 Å². The molecule has 0 aliphatic heterocycles. The van der Waals surface area contributed by atoms with Crippen molar-refractivity contribution in [2.45, 2.75) is 72.0 Å². The smallest absolute Gasteiger partial charge is 0.122 e. The van der Waals surface area contributed by atoms with E-state index in [0.717, 1.165) is 37.7 Å². The number of benzene rings is 1. The fraction of sp³-hybridized carbons (Fsp3) is 0.517. The lowest BCUT2D eigenvalue weighted by Gasteiger charge is -2.21. The predicted octanol–water partition coefficient (Wildman–Crippen LogP) is 5.58. The van der Waals surface area contributed by atoms with E-state index < -0.39 is 0 Å². The van der Waals surface area contributed by atoms with Crippen LogP contribution in [0.25, 0.3) is 6.08 Å². The first-order chi connectivity index (χ1) is 17.1. The highest BCUT2D eigenvalue weighted by molar-refractivity contribution is 5.64. The van der Waals surface area contributed by atoms with Crippen LogP contribution in [0.4, 0.5) is 0 Å². The molecule has 2 aromatic heterocycles. The molecule has 3 aromatic rings. The molecular formula is C29H42N6. The van der Waals surface area contributed by atoms with Crippen molar-refractivity contribution in [2.75, 3.05) is 19.6 Å². The highest BCUT2D eigenvalue weighted by atomic mass is 15.2. The lowest BCUT2D eigenvalue weighted by Crippen LogP contribution is -2.26. The molecule has 6 nitrogen and oxygen atoms in total. The van der Waals surface area contributed by atoms with Crippen LogP contribution in [-0.4, -0.2) is 49.0 Å². The fourth-order valence-corrected chi connectivity index (χ4v) is 5.14. The molecule has 6 heteroatoms. The second-order valence-corrected chi connectivity index (χ2v) is 9.95. The van der Waals surface area contributed by atoms with Crippen molar-refractivity contribution < 1.29 is 0 Å². The van der Waals surface area contributed by atoms with E-state index in [9.17, 15) is 0 Å². The maximum Gasteiger partial charge on any atom is 0.122 e. The maximum atomic E-state index is 4.54. The Balaban J connectivity index is 1.34. The van der Waals surface area contributed by atoms with Gasteiger partial charge in [-0.3, -0.25) is 4.90 Å². The van der Waals surface area contributed by atoms with Crippen molar-refractivity contribution in [3.63, 3.8) is 0 Å². The van der Waals surface area contributed by atoms with Gasteiger partial charge in [0.1, 0.15) is 11.6 Å². The van der Waals surface area contributed by atoms with Crippen molar-refractivity contribution in [3.8, 4) is 0 Å². The highest BCUT2D eigenvalue weighted by Gasteiger charge is 2.16. The molecule has 4 rings (SSSR count). The molecule has 0 amide bonds. The van der Waals surface area contributed by atoms with Gasteiger partial charge < -0.3 is 14.5 Å². The summed E-state index contributed by atoms with van der Waals surface area (Å²) in [4.78, 5) is 17.3. The molecule has 0 bridgehead atoms. The van der Waals surface area contributed by atoms with Gasteiger partial charge in [-0.2, -0.15) is 0 Å². The van der Waals surface area contributed by atoms with Crippen LogP contribution in [0, 0.1) is 0 Å². The molecular weight excluding hydrogens is 432 g/mol. The number of aromatic amines is 1. The molecule has 188 valence electrons. The van der Waals surface area contributed by atoms with E-state index in [4.69, 9.17) is 0 Å². The fourth-order valence-electron chi connectivity index (χ4n) is 5.14. The summed E-state index contributed by atoms with van der Waals surface area (Å²) in [5.74, 6) is 2.05. The molecule has 0 saturated heterocycles. The number of allylic oxidation sites excluding steroid dienone is 1. The van der Waals surface area contributed by atoms with Gasteiger partial charge in [0.05, 0.1) is 13.1 Å². The number of hydrogen-bond acceptors (Lipinski definition) is 4. The van der Waals surface area contributed by atoms with Crippen LogP contribution in [0.2, 0.25) is 0 Å². The predicted molar refractivity (Wildman–Crippen MR) is 144 cm³/mol. The number of nitrogens with zero attached hydrogens (tertiary/aromatic N) is 5. The standard InChI is InChI=1S/C29H42N6/c1-4-14-34(15-5-2)16-7-6-8-24-18-26-10-9-25(20-27(26)19-24)21-35(22-28-30-11-12-31-28)23-29-32-13-17-33(29)3/h9-13,17,19-20H,4-8,14-16,18,21-23H2,1-3H3,(H,30,31). The average Bonchev–Trinajstić information content (AvgIpc) is 3.59. The number of H-pyrrole nitrogens is 1. The second-order valence-electron chi connectivity index (χ2n) is 9.95. The van der Waals surface area contributed by atoms with E-state index in [1.807, 2.05) is 24.8 Å². The molecule has 0 spiro atoms. The lowest BCUT2D eigenvalue weighted by atomic mass is 10.0. The van der Waals surface area contributed by atoms with Gasteiger partial charge in [-0.1, -0.05) is 43.7 Å². The van der Waals surface area contributed by atoms with Crippen LogP contribution in [0.1, 0.15) is 74.3 Å². The Morgan fingerprint density at radius 1 is 0.943 bits per heavy atom. The van der Waals surface area contributed by atoms with Gasteiger partial charge in [-0.25, -0.2) is 9.97 Å². The third-order valence-electron chi connectivity index (χ3n) is 6.91. The minimum absolute atomic E-state index is 0.769. The largest absolute Gasteiger partial charge is 0.348 e. The zero-order chi connectivity index (χ0) is 24.5. The number of nitrogens with one attached hydrogen (secondary N) is 1. The van der Waals surface area contributed by atoms with Crippen LogP contribution in [-0.2, 0) is 33.1 Å². The number of fused-ring (bicyclic) bond motifs is 1. The van der Waals surface area contributed by atoms with Gasteiger partial charge >= 0.3 is 0 Å².